The number of hydrogen-bond acceptors (Lipinski definition) is 10. The number of nitrogens with zero attached hydrogens (tertiary/aromatic N) is 9. The van der Waals surface area contributed by atoms with Gasteiger partial charge in [-0.2, -0.15) is 13.2 Å². The Morgan fingerprint density at radius 2 is 1.67 bits per heavy atom. The Kier molecular flexibility index (Phi) is 12.9. The zero-order chi connectivity index (χ0) is 42.7. The fourth-order valence-corrected chi connectivity index (χ4v) is 9.42. The first-order chi connectivity index (χ1) is 29.4. The van der Waals surface area contributed by atoms with Gasteiger partial charge in [0.05, 0.1) is 43.3 Å². The fraction of sp³-hybridized carbons (Fsp3) is 0.605. The van der Waals surface area contributed by atoms with Crippen molar-refractivity contribution >= 4 is 23.6 Å². The molecule has 18 heteroatoms. The van der Waals surface area contributed by atoms with Gasteiger partial charge in [-0.1, -0.05) is 23.8 Å². The molecule has 4 saturated heterocycles. The van der Waals surface area contributed by atoms with E-state index in [-0.39, 0.29) is 91.4 Å². The van der Waals surface area contributed by atoms with Gasteiger partial charge in [-0.15, -0.1) is 5.10 Å². The third kappa shape index (κ3) is 10.2. The van der Waals surface area contributed by atoms with Crippen molar-refractivity contribution in [3.8, 4) is 17.1 Å². The molecule has 4 amide bonds. The number of ether oxygens (including phenoxy) is 2. The molecule has 8 rings (SSSR count). The Bertz CT molecular complexity index is 2070. The van der Waals surface area contributed by atoms with E-state index in [0.717, 1.165) is 31.8 Å². The Labute approximate surface area is 353 Å². The molecule has 0 N–H and O–H groups in total. The zero-order valence-electron chi connectivity index (χ0n) is 34.6. The number of piperidine rings is 2. The number of benzene rings is 1. The van der Waals surface area contributed by atoms with Crippen LogP contribution in [0.5, 0.6) is 5.88 Å². The summed E-state index contributed by atoms with van der Waals surface area (Å²) in [6.45, 7) is 7.98. The molecule has 6 bridgehead atoms. The Balaban J connectivity index is 1.03. The molecule has 4 fully saturated rings. The number of pyridine rings is 1. The van der Waals surface area contributed by atoms with Crippen molar-refractivity contribution in [2.75, 3.05) is 72.1 Å². The summed E-state index contributed by atoms with van der Waals surface area (Å²) < 4.78 is 56.7. The molecule has 328 valence electrons. The van der Waals surface area contributed by atoms with E-state index in [1.54, 1.807) is 32.9 Å². The van der Waals surface area contributed by atoms with Crippen LogP contribution in [-0.2, 0) is 38.4 Å². The van der Waals surface area contributed by atoms with Crippen molar-refractivity contribution < 1.29 is 41.8 Å². The van der Waals surface area contributed by atoms with Gasteiger partial charge in [-0.3, -0.25) is 23.9 Å². The van der Waals surface area contributed by atoms with Crippen molar-refractivity contribution in [1.82, 2.24) is 44.5 Å². The van der Waals surface area contributed by atoms with Gasteiger partial charge in [0.2, 0.25) is 23.6 Å². The predicted octanol–water partition coefficient (Wildman–Crippen LogP) is 3.97. The summed E-state index contributed by atoms with van der Waals surface area (Å²) in [6.07, 6.45) is 1.67. The largest absolute Gasteiger partial charge is 0.478 e. The standard InChI is InChI=1S/C43H54F3N9O6/c1-29(56)51-14-16-52(17-15-51)40(57)21-30-8-12-53-25-33(30)9-19-60-39-23-34(43(44,45)46)22-37(47-39)31-6-5-7-32(20-31)41(58)55-27-36(24-38(55)42(53)59)61-28-35-26-54(49-48-35)18-13-50-10-3-2-4-11-50/h5-7,20,22-23,26,30,33,36,38H,2-4,8-19,21,24-25,27-28H2,1H3/t30-,33-,36+,38-/m0/s1. The molecule has 5 aliphatic rings. The Morgan fingerprint density at radius 1 is 0.902 bits per heavy atom. The quantitative estimate of drug-likeness (QED) is 0.327. The Hall–Kier alpha value is -5.10. The van der Waals surface area contributed by atoms with Gasteiger partial charge in [0, 0.05) is 89.3 Å². The van der Waals surface area contributed by atoms with Gasteiger partial charge in [-0.25, -0.2) is 4.98 Å². The molecule has 0 radical (unpaired) electrons. The van der Waals surface area contributed by atoms with Crippen LogP contribution in [0.3, 0.4) is 0 Å². The summed E-state index contributed by atoms with van der Waals surface area (Å²) in [5, 5.41) is 8.60. The zero-order valence-corrected chi connectivity index (χ0v) is 34.6. The molecule has 0 unspecified atom stereocenters. The summed E-state index contributed by atoms with van der Waals surface area (Å²) in [7, 11) is 0. The molecule has 4 atom stereocenters. The van der Waals surface area contributed by atoms with Crippen molar-refractivity contribution in [3.63, 3.8) is 0 Å². The smallest absolute Gasteiger partial charge is 0.416 e. The topological polar surface area (TPSA) is 147 Å². The van der Waals surface area contributed by atoms with E-state index in [1.165, 1.54) is 37.2 Å². The van der Waals surface area contributed by atoms with Gasteiger partial charge in [-0.05, 0) is 68.8 Å². The van der Waals surface area contributed by atoms with E-state index in [0.29, 0.717) is 57.8 Å². The van der Waals surface area contributed by atoms with Crippen LogP contribution in [0, 0.1) is 11.8 Å². The second kappa shape index (κ2) is 18.5. The van der Waals surface area contributed by atoms with Crippen LogP contribution in [0.15, 0.2) is 42.6 Å². The number of carbonyl (C=O) groups excluding carboxylic acids is 4. The number of fused-ring (bicyclic) bond motifs is 8. The first-order valence-electron chi connectivity index (χ1n) is 21.6. The molecule has 3 aromatic rings. The lowest BCUT2D eigenvalue weighted by Crippen LogP contribution is -2.53. The molecule has 5 aliphatic heterocycles. The molecule has 15 nitrogen and oxygen atoms in total. The average Bonchev–Trinajstić information content (AvgIpc) is 3.92. The van der Waals surface area contributed by atoms with Crippen LogP contribution in [-0.4, -0.2) is 152 Å². The molecule has 1 aromatic carbocycles. The third-order valence-electron chi connectivity index (χ3n) is 12.9. The Morgan fingerprint density at radius 3 is 2.44 bits per heavy atom. The van der Waals surface area contributed by atoms with Crippen molar-refractivity contribution in [2.45, 2.75) is 83.3 Å². The lowest BCUT2D eigenvalue weighted by molar-refractivity contribution is -0.141. The number of amides is 4. The second-order valence-electron chi connectivity index (χ2n) is 17.0. The molecule has 0 spiro atoms. The highest BCUT2D eigenvalue weighted by Gasteiger charge is 2.44. The highest BCUT2D eigenvalue weighted by atomic mass is 19.4. The molecule has 7 heterocycles. The summed E-state index contributed by atoms with van der Waals surface area (Å²) in [5.41, 5.74) is 0.175. The van der Waals surface area contributed by atoms with Gasteiger partial charge in [0.1, 0.15) is 11.7 Å². The summed E-state index contributed by atoms with van der Waals surface area (Å²) in [4.78, 5) is 68.2. The lowest BCUT2D eigenvalue weighted by Gasteiger charge is -2.41. The third-order valence-corrected chi connectivity index (χ3v) is 12.9. The molecular weight excluding hydrogens is 796 g/mol. The maximum absolute atomic E-state index is 14.6. The molecule has 61 heavy (non-hydrogen) atoms. The number of rotatable bonds is 8. The minimum absolute atomic E-state index is 0.00922. The second-order valence-corrected chi connectivity index (χ2v) is 17.0. The van der Waals surface area contributed by atoms with Crippen LogP contribution in [0.4, 0.5) is 13.2 Å². The minimum atomic E-state index is -4.69. The van der Waals surface area contributed by atoms with Crippen molar-refractivity contribution in [2.24, 2.45) is 11.8 Å². The maximum Gasteiger partial charge on any atom is 0.416 e. The maximum atomic E-state index is 14.6. The highest BCUT2D eigenvalue weighted by Crippen LogP contribution is 2.36. The number of likely N-dealkylation sites (tertiary alicyclic amines) is 1. The number of piperazine rings is 1. The molecular formula is C43H54F3N9O6. The van der Waals surface area contributed by atoms with Crippen LogP contribution in [0.2, 0.25) is 0 Å². The number of halogens is 3. The van der Waals surface area contributed by atoms with Crippen molar-refractivity contribution in [1.29, 1.82) is 0 Å². The highest BCUT2D eigenvalue weighted by molar-refractivity contribution is 5.99. The average molecular weight is 850 g/mol. The molecule has 0 aliphatic carbocycles. The molecule has 0 saturated carbocycles. The summed E-state index contributed by atoms with van der Waals surface area (Å²) in [6, 6.07) is 7.19. The van der Waals surface area contributed by atoms with Gasteiger partial charge in [0.15, 0.2) is 0 Å². The first-order valence-corrected chi connectivity index (χ1v) is 21.6. The van der Waals surface area contributed by atoms with E-state index < -0.39 is 29.8 Å². The fourth-order valence-electron chi connectivity index (χ4n) is 9.42. The van der Waals surface area contributed by atoms with Crippen LogP contribution in [0.25, 0.3) is 11.3 Å². The normalized spacial score (nSPS) is 24.1. The lowest BCUT2D eigenvalue weighted by atomic mass is 9.80. The number of carbonyl (C=O) groups is 4. The van der Waals surface area contributed by atoms with E-state index in [1.807, 2.05) is 10.9 Å². The van der Waals surface area contributed by atoms with Crippen LogP contribution in [0.1, 0.15) is 73.5 Å². The van der Waals surface area contributed by atoms with E-state index in [9.17, 15) is 32.3 Å². The summed E-state index contributed by atoms with van der Waals surface area (Å²) >= 11 is 0. The van der Waals surface area contributed by atoms with Gasteiger partial charge in [0.25, 0.3) is 5.91 Å². The molecule has 2 aromatic heterocycles. The first kappa shape index (κ1) is 42.6. The van der Waals surface area contributed by atoms with E-state index in [2.05, 4.69) is 20.2 Å². The van der Waals surface area contributed by atoms with E-state index >= 15 is 0 Å². The monoisotopic (exact) mass is 849 g/mol. The van der Waals surface area contributed by atoms with Crippen LogP contribution >= 0.6 is 0 Å². The SMILES string of the molecule is CC(=O)N1CCN(C(=O)C[C@@H]2CCN3C[C@@H]2CCOc2cc(C(F)(F)F)cc(n2)-c2cccc(c2)C(=O)N2C[C@H](OCc4cn(CCN5CCCCC5)nn4)C[C@H]2C3=O)CC1. The number of aromatic nitrogens is 4. The predicted molar refractivity (Wildman–Crippen MR) is 215 cm³/mol. The number of alkyl halides is 3. The number of hydrogen-bond donors (Lipinski definition) is 0. The van der Waals surface area contributed by atoms with Crippen LogP contribution < -0.4 is 4.74 Å². The van der Waals surface area contributed by atoms with E-state index in [4.69, 9.17) is 9.47 Å². The van der Waals surface area contributed by atoms with Gasteiger partial charge < -0.3 is 34.0 Å². The minimum Gasteiger partial charge on any atom is -0.478 e. The van der Waals surface area contributed by atoms with Crippen molar-refractivity contribution in [3.05, 3.63) is 59.4 Å². The summed E-state index contributed by atoms with van der Waals surface area (Å²) in [5.74, 6) is -1.33. The van der Waals surface area contributed by atoms with Gasteiger partial charge >= 0.3 is 6.18 Å².